The first-order chi connectivity index (χ1) is 13.0. The minimum absolute atomic E-state index is 0.341. The third-order valence-corrected chi connectivity index (χ3v) is 5.36. The van der Waals surface area contributed by atoms with Crippen LogP contribution in [0, 0.1) is 0 Å². The van der Waals surface area contributed by atoms with E-state index >= 15 is 0 Å². The number of aliphatic imine (C=N–C) groups is 1. The second kappa shape index (κ2) is 7.48. The quantitative estimate of drug-likeness (QED) is 0.525. The molecule has 1 N–H and O–H groups in total. The number of thioether (sulfide) groups is 1. The molecule has 134 valence electrons. The van der Waals surface area contributed by atoms with Crippen molar-refractivity contribution in [2.45, 2.75) is 0 Å². The third-order valence-electron chi connectivity index (χ3n) is 3.65. The Labute approximate surface area is 173 Å². The van der Waals surface area contributed by atoms with E-state index in [1.807, 2.05) is 18.2 Å². The molecule has 0 atom stereocenters. The van der Waals surface area contributed by atoms with Crippen molar-refractivity contribution in [2.24, 2.45) is 4.99 Å². The molecule has 0 unspecified atom stereocenters. The van der Waals surface area contributed by atoms with Crippen molar-refractivity contribution >= 4 is 80.4 Å². The predicted octanol–water partition coefficient (Wildman–Crippen LogP) is 5.67. The molecule has 0 saturated heterocycles. The molecule has 2 heterocycles. The van der Waals surface area contributed by atoms with E-state index in [0.29, 0.717) is 30.8 Å². The lowest BCUT2D eigenvalue weighted by molar-refractivity contribution is -0.113. The number of carbonyl (C=O) groups is 1. The number of amides is 1. The number of anilines is 1. The highest BCUT2D eigenvalue weighted by Crippen LogP contribution is 2.36. The molecule has 9 heteroatoms. The van der Waals surface area contributed by atoms with E-state index in [9.17, 15) is 4.79 Å². The first-order valence-electron chi connectivity index (χ1n) is 7.64. The van der Waals surface area contributed by atoms with E-state index in [1.54, 1.807) is 30.6 Å². The van der Waals surface area contributed by atoms with Gasteiger partial charge < -0.3 is 5.32 Å². The summed E-state index contributed by atoms with van der Waals surface area (Å²) in [5, 5.41) is 4.48. The number of nitrogens with zero attached hydrogens (tertiary/aromatic N) is 3. The number of fused-ring (bicyclic) bond motifs is 1. The molecule has 27 heavy (non-hydrogen) atoms. The van der Waals surface area contributed by atoms with Gasteiger partial charge in [0.05, 0.1) is 31.7 Å². The zero-order valence-corrected chi connectivity index (χ0v) is 16.5. The van der Waals surface area contributed by atoms with Gasteiger partial charge in [-0.2, -0.15) is 4.99 Å². The van der Waals surface area contributed by atoms with Crippen LogP contribution in [0.2, 0.25) is 15.1 Å². The van der Waals surface area contributed by atoms with Crippen molar-refractivity contribution in [3.05, 3.63) is 68.3 Å². The lowest BCUT2D eigenvalue weighted by Crippen LogP contribution is -2.06. The maximum absolute atomic E-state index is 12.2. The van der Waals surface area contributed by atoms with Gasteiger partial charge in [-0.1, -0.05) is 40.9 Å². The molecule has 0 fully saturated rings. The summed E-state index contributed by atoms with van der Waals surface area (Å²) in [5.41, 5.74) is 2.82. The summed E-state index contributed by atoms with van der Waals surface area (Å²) in [6.45, 7) is 0. The number of hydrogen-bond acceptors (Lipinski definition) is 5. The van der Waals surface area contributed by atoms with Crippen LogP contribution in [-0.2, 0) is 4.79 Å². The molecular formula is C18H9Cl3N4OS. The van der Waals surface area contributed by atoms with Crippen molar-refractivity contribution in [3.8, 4) is 0 Å². The molecule has 0 aliphatic carbocycles. The van der Waals surface area contributed by atoms with Crippen LogP contribution >= 0.6 is 46.6 Å². The zero-order valence-electron chi connectivity index (χ0n) is 13.4. The Bertz CT molecular complexity index is 1120. The number of rotatable bonds is 2. The molecule has 4 rings (SSSR count). The van der Waals surface area contributed by atoms with Crippen LogP contribution in [0.25, 0.3) is 17.1 Å². The number of hydrogen-bond donors (Lipinski definition) is 1. The largest absolute Gasteiger partial charge is 0.332 e. The van der Waals surface area contributed by atoms with E-state index in [0.717, 1.165) is 16.6 Å². The zero-order chi connectivity index (χ0) is 19.0. The number of aromatic nitrogens is 2. The van der Waals surface area contributed by atoms with Crippen molar-refractivity contribution in [3.63, 3.8) is 0 Å². The van der Waals surface area contributed by atoms with Gasteiger partial charge in [-0.15, -0.1) is 0 Å². The van der Waals surface area contributed by atoms with Gasteiger partial charge in [0, 0.05) is 17.4 Å². The van der Waals surface area contributed by atoms with Crippen molar-refractivity contribution in [2.75, 3.05) is 5.32 Å². The van der Waals surface area contributed by atoms with Crippen LogP contribution in [0.1, 0.15) is 5.56 Å². The van der Waals surface area contributed by atoms with E-state index in [-0.39, 0.29) is 5.91 Å². The molecule has 5 nitrogen and oxygen atoms in total. The molecule has 1 aliphatic heterocycles. The summed E-state index contributed by atoms with van der Waals surface area (Å²) in [7, 11) is 0. The molecule has 0 radical (unpaired) electrons. The summed E-state index contributed by atoms with van der Waals surface area (Å²) in [6.07, 6.45) is 5.01. The van der Waals surface area contributed by atoms with Crippen LogP contribution in [-0.4, -0.2) is 21.0 Å². The van der Waals surface area contributed by atoms with Crippen LogP contribution in [0.4, 0.5) is 5.69 Å². The third kappa shape index (κ3) is 3.94. The minimum atomic E-state index is -0.344. The van der Waals surface area contributed by atoms with Gasteiger partial charge in [0.15, 0.2) is 5.17 Å². The smallest absolute Gasteiger partial charge is 0.286 e. The van der Waals surface area contributed by atoms with Gasteiger partial charge in [-0.25, -0.2) is 0 Å². The molecule has 1 aliphatic rings. The molecule has 1 amide bonds. The van der Waals surface area contributed by atoms with Gasteiger partial charge in [-0.3, -0.25) is 14.8 Å². The van der Waals surface area contributed by atoms with Crippen LogP contribution in [0.3, 0.4) is 0 Å². The van der Waals surface area contributed by atoms with Gasteiger partial charge in [0.1, 0.15) is 0 Å². The highest BCUT2D eigenvalue weighted by Gasteiger charge is 2.23. The van der Waals surface area contributed by atoms with Crippen molar-refractivity contribution < 1.29 is 4.79 Å². The fourth-order valence-electron chi connectivity index (χ4n) is 2.45. The molecular weight excluding hydrogens is 427 g/mol. The van der Waals surface area contributed by atoms with Gasteiger partial charge in [-0.05, 0) is 47.7 Å². The van der Waals surface area contributed by atoms with Crippen molar-refractivity contribution in [1.82, 2.24) is 9.97 Å². The first kappa shape index (κ1) is 18.3. The monoisotopic (exact) mass is 434 g/mol. The normalized spacial score (nSPS) is 15.4. The van der Waals surface area contributed by atoms with Gasteiger partial charge in [0.2, 0.25) is 0 Å². The number of benzene rings is 2. The predicted molar refractivity (Wildman–Crippen MR) is 113 cm³/mol. The topological polar surface area (TPSA) is 67.2 Å². The Hall–Kier alpha value is -2.12. The second-order valence-electron chi connectivity index (χ2n) is 5.51. The number of nitrogens with one attached hydrogen (secondary N) is 1. The molecule has 2 aromatic carbocycles. The summed E-state index contributed by atoms with van der Waals surface area (Å²) in [5.74, 6) is -0.344. The first-order valence-corrected chi connectivity index (χ1v) is 9.59. The fraction of sp³-hybridized carbons (Fsp3) is 0. The Kier molecular flexibility index (Phi) is 5.06. The Balaban J connectivity index is 1.57. The minimum Gasteiger partial charge on any atom is -0.332 e. The van der Waals surface area contributed by atoms with E-state index < -0.39 is 0 Å². The summed E-state index contributed by atoms with van der Waals surface area (Å²) >= 11 is 19.4. The fourth-order valence-corrected chi connectivity index (χ4v) is 4.18. The Morgan fingerprint density at radius 3 is 2.41 bits per heavy atom. The maximum atomic E-state index is 12.2. The maximum Gasteiger partial charge on any atom is 0.286 e. The Morgan fingerprint density at radius 1 is 0.963 bits per heavy atom. The van der Waals surface area contributed by atoms with E-state index in [2.05, 4.69) is 20.3 Å². The lowest BCUT2D eigenvalue weighted by atomic mass is 10.2. The summed E-state index contributed by atoms with van der Waals surface area (Å²) < 4.78 is 0. The molecule has 0 bridgehead atoms. The number of carbonyl (C=O) groups excluding carboxylic acids is 1. The highest BCUT2D eigenvalue weighted by atomic mass is 35.5. The number of halogens is 3. The van der Waals surface area contributed by atoms with Gasteiger partial charge >= 0.3 is 0 Å². The van der Waals surface area contributed by atoms with Crippen LogP contribution < -0.4 is 5.32 Å². The lowest BCUT2D eigenvalue weighted by Gasteiger charge is -2.09. The van der Waals surface area contributed by atoms with E-state index in [4.69, 9.17) is 34.8 Å². The second-order valence-corrected chi connectivity index (χ2v) is 7.79. The summed E-state index contributed by atoms with van der Waals surface area (Å²) in [4.78, 5) is 25.2. The highest BCUT2D eigenvalue weighted by molar-refractivity contribution is 8.18. The molecule has 3 aromatic rings. The molecule has 0 spiro atoms. The van der Waals surface area contributed by atoms with Crippen molar-refractivity contribution in [1.29, 1.82) is 0 Å². The molecule has 0 saturated carbocycles. The van der Waals surface area contributed by atoms with Crippen LogP contribution in [0.5, 0.6) is 0 Å². The van der Waals surface area contributed by atoms with Gasteiger partial charge in [0.25, 0.3) is 5.91 Å². The average molecular weight is 436 g/mol. The average Bonchev–Trinajstić information content (AvgIpc) is 2.97. The Morgan fingerprint density at radius 2 is 1.67 bits per heavy atom. The van der Waals surface area contributed by atoms with Crippen LogP contribution in [0.15, 0.2) is 52.6 Å². The van der Waals surface area contributed by atoms with E-state index in [1.165, 1.54) is 11.8 Å². The SMILES string of the molecule is O=C1N=C(Nc2c(Cl)cc(Cl)cc2Cl)S/C1=C\c1ccc2nccnc2c1. The number of amidine groups is 1. The summed E-state index contributed by atoms with van der Waals surface area (Å²) in [6, 6.07) is 8.71. The standard InChI is InChI=1S/C18H9Cl3N4OS/c19-10-7-11(20)16(12(21)8-10)24-18-25-17(26)15(27-18)6-9-1-2-13-14(5-9)23-4-3-22-13/h1-8H,(H,24,25,26)/b15-6-. The molecule has 1 aromatic heterocycles.